The van der Waals surface area contributed by atoms with Gasteiger partial charge in [0.2, 0.25) is 5.91 Å². The summed E-state index contributed by atoms with van der Waals surface area (Å²) in [6, 6.07) is 11.7. The lowest BCUT2D eigenvalue weighted by molar-refractivity contribution is -0.120. The maximum Gasteiger partial charge on any atom is 0.239 e. The average molecular weight is 270 g/mol. The molecular weight excluding hydrogens is 252 g/mol. The molecule has 3 rings (SSSR count). The fourth-order valence-corrected chi connectivity index (χ4v) is 2.54. The molecule has 4 nitrogen and oxygen atoms in total. The number of nitrogens with one attached hydrogen (secondary N) is 1. The second kappa shape index (κ2) is 5.13. The highest BCUT2D eigenvalue weighted by Gasteiger charge is 2.29. The lowest BCUT2D eigenvalue weighted by atomic mass is 9.97. The third-order valence-corrected chi connectivity index (χ3v) is 3.71. The molecule has 0 aliphatic heterocycles. The molecule has 0 bridgehead atoms. The Morgan fingerprint density at radius 3 is 2.55 bits per heavy atom. The molecular formula is C16H18N2O2. The molecule has 0 spiro atoms. The average Bonchev–Trinajstić information content (AvgIpc) is 3.27. The fraction of sp³-hybridized carbons (Fsp3) is 0.312. The summed E-state index contributed by atoms with van der Waals surface area (Å²) in [4.78, 5) is 11.8. The van der Waals surface area contributed by atoms with E-state index in [0.717, 1.165) is 34.9 Å². The molecule has 3 N–H and O–H groups in total. The van der Waals surface area contributed by atoms with Gasteiger partial charge in [0.05, 0.1) is 7.11 Å². The van der Waals surface area contributed by atoms with Crippen LogP contribution in [0.4, 0.5) is 0 Å². The third-order valence-electron chi connectivity index (χ3n) is 3.71. The Hall–Kier alpha value is -2.07. The van der Waals surface area contributed by atoms with Gasteiger partial charge in [0.25, 0.3) is 0 Å². The van der Waals surface area contributed by atoms with Crippen LogP contribution in [0.1, 0.15) is 24.4 Å². The Morgan fingerprint density at radius 1 is 1.25 bits per heavy atom. The van der Waals surface area contributed by atoms with E-state index in [2.05, 4.69) is 5.32 Å². The van der Waals surface area contributed by atoms with E-state index in [0.29, 0.717) is 6.04 Å². The summed E-state index contributed by atoms with van der Waals surface area (Å²) in [5, 5.41) is 5.32. The number of hydrogen-bond acceptors (Lipinski definition) is 3. The highest BCUT2D eigenvalue weighted by molar-refractivity contribution is 5.95. The van der Waals surface area contributed by atoms with Crippen LogP contribution in [0.5, 0.6) is 5.75 Å². The zero-order valence-corrected chi connectivity index (χ0v) is 11.4. The Bertz CT molecular complexity index is 650. The Labute approximate surface area is 117 Å². The van der Waals surface area contributed by atoms with Gasteiger partial charge in [-0.2, -0.15) is 0 Å². The maximum atomic E-state index is 11.8. The zero-order chi connectivity index (χ0) is 14.1. The van der Waals surface area contributed by atoms with Crippen molar-refractivity contribution in [3.63, 3.8) is 0 Å². The van der Waals surface area contributed by atoms with Crippen molar-refractivity contribution in [2.45, 2.75) is 24.9 Å². The summed E-state index contributed by atoms with van der Waals surface area (Å²) in [5.41, 5.74) is 6.49. The molecule has 1 saturated carbocycles. The van der Waals surface area contributed by atoms with Crippen LogP contribution in [0, 0.1) is 0 Å². The van der Waals surface area contributed by atoms with Gasteiger partial charge in [-0.25, -0.2) is 0 Å². The highest BCUT2D eigenvalue weighted by atomic mass is 16.5. The fourth-order valence-electron chi connectivity index (χ4n) is 2.54. The Morgan fingerprint density at radius 2 is 1.95 bits per heavy atom. The first kappa shape index (κ1) is 12.9. The summed E-state index contributed by atoms with van der Waals surface area (Å²) in [6.45, 7) is 0. The number of nitrogens with two attached hydrogens (primary N) is 1. The van der Waals surface area contributed by atoms with Crippen LogP contribution in [0.3, 0.4) is 0 Å². The largest absolute Gasteiger partial charge is 0.496 e. The van der Waals surface area contributed by atoms with Gasteiger partial charge >= 0.3 is 0 Å². The molecule has 1 unspecified atom stereocenters. The molecule has 20 heavy (non-hydrogen) atoms. The quantitative estimate of drug-likeness (QED) is 0.874. The van der Waals surface area contributed by atoms with Crippen LogP contribution in [0.15, 0.2) is 36.4 Å². The number of benzene rings is 2. The number of primary amides is 1. The van der Waals surface area contributed by atoms with Gasteiger partial charge in [0, 0.05) is 11.4 Å². The molecule has 0 heterocycles. The number of hydrogen-bond donors (Lipinski definition) is 2. The first-order valence-corrected chi connectivity index (χ1v) is 6.81. The minimum atomic E-state index is -0.446. The molecule has 1 atom stereocenters. The Balaban J connectivity index is 2.11. The van der Waals surface area contributed by atoms with E-state index >= 15 is 0 Å². The molecule has 2 aromatic rings. The summed E-state index contributed by atoms with van der Waals surface area (Å²) in [5.74, 6) is 0.464. The van der Waals surface area contributed by atoms with Crippen LogP contribution in [-0.2, 0) is 4.79 Å². The Kier molecular flexibility index (Phi) is 3.32. The molecule has 2 aromatic carbocycles. The molecule has 0 aromatic heterocycles. The molecule has 1 aliphatic rings. The second-order valence-electron chi connectivity index (χ2n) is 5.18. The van der Waals surface area contributed by atoms with Gasteiger partial charge in [-0.3, -0.25) is 10.1 Å². The SMILES string of the molecule is COc1ccc(C(NC2CC2)C(N)=O)c2ccccc12. The van der Waals surface area contributed by atoms with Crippen molar-refractivity contribution < 1.29 is 9.53 Å². The van der Waals surface area contributed by atoms with Crippen LogP contribution in [0.2, 0.25) is 0 Å². The van der Waals surface area contributed by atoms with Crippen LogP contribution < -0.4 is 15.8 Å². The molecule has 104 valence electrons. The van der Waals surface area contributed by atoms with E-state index in [-0.39, 0.29) is 5.91 Å². The predicted molar refractivity (Wildman–Crippen MR) is 78.6 cm³/mol. The van der Waals surface area contributed by atoms with E-state index in [1.807, 2.05) is 36.4 Å². The summed E-state index contributed by atoms with van der Waals surface area (Å²) in [6.07, 6.45) is 2.22. The standard InChI is InChI=1S/C16H18N2O2/c1-20-14-9-8-13(11-4-2-3-5-12(11)14)15(16(17)19)18-10-6-7-10/h2-5,8-10,15,18H,6-7H2,1H3,(H2,17,19). The summed E-state index contributed by atoms with van der Waals surface area (Å²) < 4.78 is 5.38. The van der Waals surface area contributed by atoms with Gasteiger partial charge in [0.15, 0.2) is 0 Å². The lowest BCUT2D eigenvalue weighted by Gasteiger charge is -2.18. The summed E-state index contributed by atoms with van der Waals surface area (Å²) in [7, 11) is 1.65. The van der Waals surface area contributed by atoms with Crippen molar-refractivity contribution >= 4 is 16.7 Å². The third kappa shape index (κ3) is 2.34. The van der Waals surface area contributed by atoms with Crippen LogP contribution >= 0.6 is 0 Å². The molecule has 1 aliphatic carbocycles. The van der Waals surface area contributed by atoms with Crippen molar-refractivity contribution in [2.24, 2.45) is 5.73 Å². The van der Waals surface area contributed by atoms with E-state index in [1.54, 1.807) is 7.11 Å². The molecule has 4 heteroatoms. The maximum absolute atomic E-state index is 11.8. The van der Waals surface area contributed by atoms with E-state index in [9.17, 15) is 4.79 Å². The monoisotopic (exact) mass is 270 g/mol. The molecule has 0 radical (unpaired) electrons. The van der Waals surface area contributed by atoms with Crippen molar-refractivity contribution in [2.75, 3.05) is 7.11 Å². The van der Waals surface area contributed by atoms with Crippen LogP contribution in [-0.4, -0.2) is 19.1 Å². The van der Waals surface area contributed by atoms with Gasteiger partial charge in [-0.05, 0) is 29.9 Å². The van der Waals surface area contributed by atoms with Gasteiger partial charge in [0.1, 0.15) is 11.8 Å². The normalized spacial score (nSPS) is 16.1. The number of rotatable bonds is 5. The topological polar surface area (TPSA) is 64.3 Å². The van der Waals surface area contributed by atoms with Gasteiger partial charge in [-0.15, -0.1) is 0 Å². The number of fused-ring (bicyclic) bond motifs is 1. The minimum absolute atomic E-state index is 0.341. The zero-order valence-electron chi connectivity index (χ0n) is 11.4. The van der Waals surface area contributed by atoms with Crippen molar-refractivity contribution in [3.8, 4) is 5.75 Å². The van der Waals surface area contributed by atoms with Crippen molar-refractivity contribution in [3.05, 3.63) is 42.0 Å². The minimum Gasteiger partial charge on any atom is -0.496 e. The number of ether oxygens (including phenoxy) is 1. The molecule has 1 amide bonds. The van der Waals surface area contributed by atoms with Crippen molar-refractivity contribution in [1.82, 2.24) is 5.32 Å². The first-order valence-electron chi connectivity index (χ1n) is 6.81. The molecule has 0 saturated heterocycles. The number of carbonyl (C=O) groups is 1. The molecule has 1 fully saturated rings. The van der Waals surface area contributed by atoms with Crippen molar-refractivity contribution in [1.29, 1.82) is 0 Å². The van der Waals surface area contributed by atoms with Gasteiger partial charge < -0.3 is 10.5 Å². The van der Waals surface area contributed by atoms with E-state index in [1.165, 1.54) is 0 Å². The highest BCUT2D eigenvalue weighted by Crippen LogP contribution is 2.33. The first-order chi connectivity index (χ1) is 9.70. The second-order valence-corrected chi connectivity index (χ2v) is 5.18. The van der Waals surface area contributed by atoms with E-state index < -0.39 is 6.04 Å². The number of carbonyl (C=O) groups excluding carboxylic acids is 1. The van der Waals surface area contributed by atoms with Crippen LogP contribution in [0.25, 0.3) is 10.8 Å². The lowest BCUT2D eigenvalue weighted by Crippen LogP contribution is -2.35. The van der Waals surface area contributed by atoms with Gasteiger partial charge in [-0.1, -0.05) is 30.3 Å². The number of methoxy groups -OCH3 is 1. The van der Waals surface area contributed by atoms with E-state index in [4.69, 9.17) is 10.5 Å². The predicted octanol–water partition coefficient (Wildman–Crippen LogP) is 2.13. The smallest absolute Gasteiger partial charge is 0.239 e. The summed E-state index contributed by atoms with van der Waals surface area (Å²) >= 11 is 0. The number of amides is 1.